The van der Waals surface area contributed by atoms with Gasteiger partial charge in [-0.3, -0.25) is 9.48 Å². The summed E-state index contributed by atoms with van der Waals surface area (Å²) >= 11 is 0. The van der Waals surface area contributed by atoms with Crippen LogP contribution in [0.4, 0.5) is 0 Å². The molecule has 0 N–H and O–H groups in total. The van der Waals surface area contributed by atoms with E-state index in [4.69, 9.17) is 4.42 Å². The summed E-state index contributed by atoms with van der Waals surface area (Å²) in [7, 11) is 1.86. The van der Waals surface area contributed by atoms with E-state index in [-0.39, 0.29) is 11.8 Å². The van der Waals surface area contributed by atoms with Crippen LogP contribution in [0.15, 0.2) is 34.7 Å². The molecule has 1 aliphatic heterocycles. The molecule has 3 aromatic heterocycles. The van der Waals surface area contributed by atoms with Gasteiger partial charge in [-0.25, -0.2) is 9.97 Å². The molecule has 148 valence electrons. The van der Waals surface area contributed by atoms with Gasteiger partial charge in [0.25, 0.3) is 5.91 Å². The Hall–Kier alpha value is -3.22. The maximum Gasteiger partial charge on any atom is 0.254 e. The van der Waals surface area contributed by atoms with E-state index < -0.39 is 0 Å². The number of carbonyl (C=O) groups is 1. The molecule has 0 unspecified atom stereocenters. The molecular weight excluding hydrogens is 366 g/mol. The fraction of sp³-hybridized carbons (Fsp3) is 0.364. The van der Waals surface area contributed by atoms with Crippen molar-refractivity contribution in [3.8, 4) is 0 Å². The second-order valence-electron chi connectivity index (χ2n) is 7.81. The van der Waals surface area contributed by atoms with Crippen molar-refractivity contribution in [2.45, 2.75) is 32.6 Å². The molecule has 7 nitrogen and oxygen atoms in total. The Kier molecular flexibility index (Phi) is 4.12. The third-order valence-corrected chi connectivity index (χ3v) is 5.77. The summed E-state index contributed by atoms with van der Waals surface area (Å²) in [5.41, 5.74) is 4.82. The summed E-state index contributed by atoms with van der Waals surface area (Å²) < 4.78 is 7.69. The third-order valence-electron chi connectivity index (χ3n) is 5.77. The Balaban J connectivity index is 1.38. The van der Waals surface area contributed by atoms with E-state index in [1.165, 1.54) is 0 Å². The van der Waals surface area contributed by atoms with Gasteiger partial charge in [-0.1, -0.05) is 12.1 Å². The number of likely N-dealkylation sites (tertiary alicyclic amines) is 1. The number of benzene rings is 1. The molecule has 1 fully saturated rings. The van der Waals surface area contributed by atoms with Crippen molar-refractivity contribution in [1.82, 2.24) is 24.6 Å². The Morgan fingerprint density at radius 1 is 1.14 bits per heavy atom. The van der Waals surface area contributed by atoms with Gasteiger partial charge in [-0.15, -0.1) is 0 Å². The normalized spacial score (nSPS) is 15.5. The van der Waals surface area contributed by atoms with E-state index in [0.717, 1.165) is 52.3 Å². The first-order valence-corrected chi connectivity index (χ1v) is 9.97. The summed E-state index contributed by atoms with van der Waals surface area (Å²) in [4.78, 5) is 24.5. The lowest BCUT2D eigenvalue weighted by Gasteiger charge is -2.31. The SMILES string of the molecule is Cc1cc(C(=O)N2CCC(c3nc4ccccc4o3)CC2)c2c(C)nn(C)c2n1. The van der Waals surface area contributed by atoms with Crippen molar-refractivity contribution in [2.75, 3.05) is 13.1 Å². The minimum absolute atomic E-state index is 0.0487. The summed E-state index contributed by atoms with van der Waals surface area (Å²) in [6.45, 7) is 5.21. The van der Waals surface area contributed by atoms with Crippen LogP contribution in [0.1, 0.15) is 46.4 Å². The lowest BCUT2D eigenvalue weighted by molar-refractivity contribution is 0.0708. The number of nitrogens with zero attached hydrogens (tertiary/aromatic N) is 5. The van der Waals surface area contributed by atoms with Crippen LogP contribution in [0.25, 0.3) is 22.1 Å². The molecule has 1 aromatic carbocycles. The Morgan fingerprint density at radius 2 is 1.90 bits per heavy atom. The van der Waals surface area contributed by atoms with Gasteiger partial charge in [0.15, 0.2) is 17.1 Å². The van der Waals surface area contributed by atoms with E-state index in [0.29, 0.717) is 18.7 Å². The van der Waals surface area contributed by atoms with Crippen LogP contribution in [-0.4, -0.2) is 43.6 Å². The van der Waals surface area contributed by atoms with E-state index in [1.54, 1.807) is 4.68 Å². The molecule has 1 aliphatic rings. The monoisotopic (exact) mass is 389 g/mol. The van der Waals surface area contributed by atoms with E-state index in [1.807, 2.05) is 56.1 Å². The zero-order chi connectivity index (χ0) is 20.1. The third kappa shape index (κ3) is 2.97. The molecular formula is C22H23N5O2. The highest BCUT2D eigenvalue weighted by Gasteiger charge is 2.29. The molecule has 0 radical (unpaired) electrons. The van der Waals surface area contributed by atoms with Crippen molar-refractivity contribution in [1.29, 1.82) is 0 Å². The first-order chi connectivity index (χ1) is 14.0. The number of fused-ring (bicyclic) bond motifs is 2. The summed E-state index contributed by atoms with van der Waals surface area (Å²) in [6, 6.07) is 9.71. The zero-order valence-electron chi connectivity index (χ0n) is 16.8. The maximum absolute atomic E-state index is 13.3. The van der Waals surface area contributed by atoms with Gasteiger partial charge in [0, 0.05) is 31.7 Å². The van der Waals surface area contributed by atoms with Gasteiger partial charge in [0.1, 0.15) is 5.52 Å². The highest BCUT2D eigenvalue weighted by Crippen LogP contribution is 2.31. The van der Waals surface area contributed by atoms with Crippen molar-refractivity contribution in [3.63, 3.8) is 0 Å². The predicted octanol–water partition coefficient (Wildman–Crippen LogP) is 3.75. The second-order valence-corrected chi connectivity index (χ2v) is 7.81. The maximum atomic E-state index is 13.3. The van der Waals surface area contributed by atoms with Crippen LogP contribution in [-0.2, 0) is 7.05 Å². The van der Waals surface area contributed by atoms with E-state index in [2.05, 4.69) is 15.1 Å². The molecule has 0 bridgehead atoms. The standard InChI is InChI=1S/C22H23N5O2/c1-13-12-16(19-14(2)25-26(3)20(19)23-13)22(28)27-10-8-15(9-11-27)21-24-17-6-4-5-7-18(17)29-21/h4-7,12,15H,8-11H2,1-3H3. The Labute approximate surface area is 168 Å². The van der Waals surface area contributed by atoms with Crippen LogP contribution in [0.2, 0.25) is 0 Å². The van der Waals surface area contributed by atoms with Gasteiger partial charge < -0.3 is 9.32 Å². The molecule has 7 heteroatoms. The number of hydrogen-bond acceptors (Lipinski definition) is 5. The fourth-order valence-electron chi connectivity index (χ4n) is 4.30. The molecule has 5 rings (SSSR count). The number of para-hydroxylation sites is 2. The van der Waals surface area contributed by atoms with E-state index >= 15 is 0 Å². The number of amides is 1. The number of oxazole rings is 1. The van der Waals surface area contributed by atoms with Gasteiger partial charge in [-0.05, 0) is 44.9 Å². The molecule has 0 aliphatic carbocycles. The molecule has 0 saturated carbocycles. The molecule has 1 amide bonds. The predicted molar refractivity (Wildman–Crippen MR) is 110 cm³/mol. The van der Waals surface area contributed by atoms with Gasteiger partial charge in [-0.2, -0.15) is 5.10 Å². The topological polar surface area (TPSA) is 77.0 Å². The number of pyridine rings is 1. The lowest BCUT2D eigenvalue weighted by Crippen LogP contribution is -2.38. The van der Waals surface area contributed by atoms with Crippen LogP contribution in [0, 0.1) is 13.8 Å². The number of hydrogen-bond donors (Lipinski definition) is 0. The van der Waals surface area contributed by atoms with Crippen LogP contribution < -0.4 is 0 Å². The van der Waals surface area contributed by atoms with Gasteiger partial charge in [0.2, 0.25) is 0 Å². The number of rotatable bonds is 2. The average molecular weight is 389 g/mol. The molecule has 0 spiro atoms. The van der Waals surface area contributed by atoms with Crippen molar-refractivity contribution >= 4 is 28.0 Å². The Morgan fingerprint density at radius 3 is 2.66 bits per heavy atom. The minimum Gasteiger partial charge on any atom is -0.440 e. The van der Waals surface area contributed by atoms with Gasteiger partial charge >= 0.3 is 0 Å². The first kappa shape index (κ1) is 17.8. The molecule has 1 saturated heterocycles. The minimum atomic E-state index is 0.0487. The number of carbonyl (C=O) groups excluding carboxylic acids is 1. The molecule has 4 heterocycles. The van der Waals surface area contributed by atoms with Crippen LogP contribution in [0.3, 0.4) is 0 Å². The number of piperidine rings is 1. The lowest BCUT2D eigenvalue weighted by atomic mass is 9.96. The second kappa shape index (κ2) is 6.69. The average Bonchev–Trinajstić information content (AvgIpc) is 3.28. The molecule has 4 aromatic rings. The summed E-state index contributed by atoms with van der Waals surface area (Å²) in [5.74, 6) is 1.07. The van der Waals surface area contributed by atoms with Gasteiger partial charge in [0.05, 0.1) is 16.6 Å². The van der Waals surface area contributed by atoms with Crippen molar-refractivity contribution in [3.05, 3.63) is 53.2 Å². The Bertz CT molecular complexity index is 1200. The number of aromatic nitrogens is 4. The van der Waals surface area contributed by atoms with Crippen molar-refractivity contribution in [2.24, 2.45) is 7.05 Å². The highest BCUT2D eigenvalue weighted by molar-refractivity contribution is 6.06. The highest BCUT2D eigenvalue weighted by atomic mass is 16.3. The quantitative estimate of drug-likeness (QED) is 0.522. The fourth-order valence-corrected chi connectivity index (χ4v) is 4.30. The largest absolute Gasteiger partial charge is 0.440 e. The summed E-state index contributed by atoms with van der Waals surface area (Å²) in [6.07, 6.45) is 1.69. The smallest absolute Gasteiger partial charge is 0.254 e. The molecule has 29 heavy (non-hydrogen) atoms. The number of aryl methyl sites for hydroxylation is 3. The van der Waals surface area contributed by atoms with E-state index in [9.17, 15) is 4.79 Å². The van der Waals surface area contributed by atoms with Crippen molar-refractivity contribution < 1.29 is 9.21 Å². The van der Waals surface area contributed by atoms with Crippen LogP contribution >= 0.6 is 0 Å². The first-order valence-electron chi connectivity index (χ1n) is 9.97. The van der Waals surface area contributed by atoms with Crippen LogP contribution in [0.5, 0.6) is 0 Å². The molecule has 0 atom stereocenters. The zero-order valence-corrected chi connectivity index (χ0v) is 16.8. The summed E-state index contributed by atoms with van der Waals surface area (Å²) in [5, 5.41) is 5.31.